The number of benzene rings is 2. The average molecular weight is 372 g/mol. The highest BCUT2D eigenvalue weighted by molar-refractivity contribution is 6.37. The Morgan fingerprint density at radius 1 is 1.12 bits per heavy atom. The molecule has 0 aromatic heterocycles. The van der Waals surface area contributed by atoms with Gasteiger partial charge in [0.25, 0.3) is 5.91 Å². The largest absolute Gasteiger partial charge is 0.494 e. The first-order valence-corrected chi connectivity index (χ1v) is 7.80. The number of halogens is 3. The van der Waals surface area contributed by atoms with Crippen molar-refractivity contribution in [2.75, 3.05) is 14.2 Å². The Morgan fingerprint density at radius 3 is 2.25 bits per heavy atom. The normalized spacial score (nSPS) is 11.8. The van der Waals surface area contributed by atoms with Crippen LogP contribution in [0.25, 0.3) is 0 Å². The quantitative estimate of drug-likeness (QED) is 0.832. The van der Waals surface area contributed by atoms with Crippen molar-refractivity contribution >= 4 is 29.1 Å². The molecule has 2 rings (SSSR count). The van der Waals surface area contributed by atoms with Crippen molar-refractivity contribution in [3.8, 4) is 11.5 Å². The Bertz CT molecular complexity index is 744. The Balaban J connectivity index is 2.18. The highest BCUT2D eigenvalue weighted by atomic mass is 35.5. The molecule has 0 aliphatic heterocycles. The van der Waals surface area contributed by atoms with Crippen LogP contribution >= 0.6 is 23.2 Å². The van der Waals surface area contributed by atoms with E-state index in [9.17, 15) is 9.18 Å². The van der Waals surface area contributed by atoms with Crippen LogP contribution in [0.4, 0.5) is 4.39 Å². The SMILES string of the molecule is COc1ccc(C(C)NC(=O)c2cc(Cl)c(OC)c(Cl)c2)cc1F. The zero-order valence-corrected chi connectivity index (χ0v) is 14.8. The molecule has 0 saturated carbocycles. The summed E-state index contributed by atoms with van der Waals surface area (Å²) >= 11 is 12.1. The average Bonchev–Trinajstić information content (AvgIpc) is 2.54. The number of carbonyl (C=O) groups is 1. The number of methoxy groups -OCH3 is 2. The number of hydrogen-bond acceptors (Lipinski definition) is 3. The molecule has 1 amide bonds. The molecule has 1 unspecified atom stereocenters. The summed E-state index contributed by atoms with van der Waals surface area (Å²) in [5.74, 6) is -0.428. The molecule has 2 aromatic rings. The third-order valence-corrected chi connectivity index (χ3v) is 4.05. The molecule has 0 aliphatic rings. The van der Waals surface area contributed by atoms with E-state index < -0.39 is 11.9 Å². The molecular weight excluding hydrogens is 356 g/mol. The molecule has 0 saturated heterocycles. The third-order valence-electron chi connectivity index (χ3n) is 3.49. The van der Waals surface area contributed by atoms with Gasteiger partial charge >= 0.3 is 0 Å². The molecular formula is C17H16Cl2FNO3. The van der Waals surface area contributed by atoms with Crippen molar-refractivity contribution in [2.24, 2.45) is 0 Å². The van der Waals surface area contributed by atoms with Crippen LogP contribution in [0, 0.1) is 5.82 Å². The lowest BCUT2D eigenvalue weighted by Gasteiger charge is -2.16. The van der Waals surface area contributed by atoms with Crippen molar-refractivity contribution in [1.82, 2.24) is 5.32 Å². The Hall–Kier alpha value is -1.98. The highest BCUT2D eigenvalue weighted by Gasteiger charge is 2.17. The summed E-state index contributed by atoms with van der Waals surface area (Å²) in [4.78, 5) is 12.4. The van der Waals surface area contributed by atoms with E-state index >= 15 is 0 Å². The molecule has 2 aromatic carbocycles. The summed E-state index contributed by atoms with van der Waals surface area (Å²) in [6, 6.07) is 7.01. The summed E-state index contributed by atoms with van der Waals surface area (Å²) in [5, 5.41) is 3.23. The topological polar surface area (TPSA) is 47.6 Å². The van der Waals surface area contributed by atoms with Gasteiger partial charge in [0.15, 0.2) is 17.3 Å². The van der Waals surface area contributed by atoms with Gasteiger partial charge in [-0.25, -0.2) is 4.39 Å². The van der Waals surface area contributed by atoms with Gasteiger partial charge in [-0.2, -0.15) is 0 Å². The molecule has 128 valence electrons. The van der Waals surface area contributed by atoms with E-state index in [0.29, 0.717) is 11.3 Å². The minimum absolute atomic E-state index is 0.144. The number of carbonyl (C=O) groups excluding carboxylic acids is 1. The summed E-state index contributed by atoms with van der Waals surface area (Å²) < 4.78 is 23.7. The van der Waals surface area contributed by atoms with E-state index in [1.165, 1.54) is 38.5 Å². The zero-order valence-electron chi connectivity index (χ0n) is 13.3. The molecule has 4 nitrogen and oxygen atoms in total. The minimum Gasteiger partial charge on any atom is -0.494 e. The number of hydrogen-bond donors (Lipinski definition) is 1. The lowest BCUT2D eigenvalue weighted by Crippen LogP contribution is -2.26. The van der Waals surface area contributed by atoms with Gasteiger partial charge in [-0.15, -0.1) is 0 Å². The lowest BCUT2D eigenvalue weighted by atomic mass is 10.1. The van der Waals surface area contributed by atoms with Gasteiger partial charge in [-0.3, -0.25) is 4.79 Å². The van der Waals surface area contributed by atoms with Crippen LogP contribution in [0.1, 0.15) is 28.9 Å². The molecule has 0 heterocycles. The lowest BCUT2D eigenvalue weighted by molar-refractivity contribution is 0.0939. The standard InChI is InChI=1S/C17H16Cl2FNO3/c1-9(10-4-5-15(23-2)14(20)8-10)21-17(22)11-6-12(18)16(24-3)13(19)7-11/h4-9H,1-3H3,(H,21,22). The fourth-order valence-electron chi connectivity index (χ4n) is 2.20. The van der Waals surface area contributed by atoms with Gasteiger partial charge in [0, 0.05) is 5.56 Å². The maximum absolute atomic E-state index is 13.8. The first kappa shape index (κ1) is 18.4. The van der Waals surface area contributed by atoms with Crippen LogP contribution in [0.2, 0.25) is 10.0 Å². The second-order valence-corrected chi connectivity index (χ2v) is 5.88. The van der Waals surface area contributed by atoms with Crippen molar-refractivity contribution in [2.45, 2.75) is 13.0 Å². The minimum atomic E-state index is -0.494. The molecule has 1 atom stereocenters. The van der Waals surface area contributed by atoms with Crippen molar-refractivity contribution in [3.05, 3.63) is 57.3 Å². The molecule has 0 radical (unpaired) electrons. The molecule has 0 aliphatic carbocycles. The number of nitrogens with one attached hydrogen (secondary N) is 1. The monoisotopic (exact) mass is 371 g/mol. The Morgan fingerprint density at radius 2 is 1.75 bits per heavy atom. The Labute approximate surface area is 149 Å². The molecule has 1 N–H and O–H groups in total. The van der Waals surface area contributed by atoms with Crippen LogP contribution in [0.15, 0.2) is 30.3 Å². The van der Waals surface area contributed by atoms with Gasteiger partial charge in [0.1, 0.15) is 0 Å². The van der Waals surface area contributed by atoms with Crippen molar-refractivity contribution < 1.29 is 18.7 Å². The van der Waals surface area contributed by atoms with Crippen LogP contribution in [-0.2, 0) is 0 Å². The third kappa shape index (κ3) is 3.91. The molecule has 24 heavy (non-hydrogen) atoms. The number of rotatable bonds is 5. The van der Waals surface area contributed by atoms with Crippen LogP contribution in [-0.4, -0.2) is 20.1 Å². The second kappa shape index (κ2) is 7.73. The second-order valence-electron chi connectivity index (χ2n) is 5.06. The molecule has 0 bridgehead atoms. The summed E-state index contributed by atoms with van der Waals surface area (Å²) in [7, 11) is 2.83. The Kier molecular flexibility index (Phi) is 5.91. The smallest absolute Gasteiger partial charge is 0.251 e. The maximum Gasteiger partial charge on any atom is 0.251 e. The summed E-state index contributed by atoms with van der Waals surface area (Å²) in [6.45, 7) is 1.74. The van der Waals surface area contributed by atoms with E-state index in [1.54, 1.807) is 13.0 Å². The fraction of sp³-hybridized carbons (Fsp3) is 0.235. The maximum atomic E-state index is 13.8. The van der Waals surface area contributed by atoms with Gasteiger partial charge in [0.2, 0.25) is 0 Å². The van der Waals surface area contributed by atoms with E-state index in [0.717, 1.165) is 0 Å². The predicted octanol–water partition coefficient (Wildman–Crippen LogP) is 4.64. The van der Waals surface area contributed by atoms with Crippen molar-refractivity contribution in [1.29, 1.82) is 0 Å². The molecule has 0 fully saturated rings. The van der Waals surface area contributed by atoms with E-state index in [2.05, 4.69) is 5.32 Å². The van der Waals surface area contributed by atoms with Gasteiger partial charge in [-0.1, -0.05) is 29.3 Å². The van der Waals surface area contributed by atoms with Crippen molar-refractivity contribution in [3.63, 3.8) is 0 Å². The van der Waals surface area contributed by atoms with Gasteiger partial charge < -0.3 is 14.8 Å². The van der Waals surface area contributed by atoms with E-state index in [1.807, 2.05) is 0 Å². The first-order valence-electron chi connectivity index (χ1n) is 7.04. The van der Waals surface area contributed by atoms with E-state index in [-0.39, 0.29) is 27.3 Å². The zero-order chi connectivity index (χ0) is 17.9. The number of amides is 1. The van der Waals surface area contributed by atoms with Gasteiger partial charge in [-0.05, 0) is 36.8 Å². The summed E-state index contributed by atoms with van der Waals surface area (Å²) in [5.41, 5.74) is 0.888. The van der Waals surface area contributed by atoms with E-state index in [4.69, 9.17) is 32.7 Å². The number of ether oxygens (including phenoxy) is 2. The van der Waals surface area contributed by atoms with Crippen LogP contribution in [0.5, 0.6) is 11.5 Å². The van der Waals surface area contributed by atoms with Gasteiger partial charge in [0.05, 0.1) is 30.3 Å². The molecule has 7 heteroatoms. The highest BCUT2D eigenvalue weighted by Crippen LogP contribution is 2.34. The first-order chi connectivity index (χ1) is 11.4. The fourth-order valence-corrected chi connectivity index (χ4v) is 2.84. The molecule has 0 spiro atoms. The predicted molar refractivity (Wildman–Crippen MR) is 91.8 cm³/mol. The van der Waals surface area contributed by atoms with Crippen LogP contribution < -0.4 is 14.8 Å². The van der Waals surface area contributed by atoms with Crippen LogP contribution in [0.3, 0.4) is 0 Å². The summed E-state index contributed by atoms with van der Waals surface area (Å²) in [6.07, 6.45) is 0.